The number of methoxy groups -OCH3 is 1. The molecule has 0 amide bonds. The molecule has 0 spiro atoms. The van der Waals surface area contributed by atoms with Crippen LogP contribution >= 0.6 is 0 Å². The Bertz CT molecular complexity index is 918. The van der Waals surface area contributed by atoms with Gasteiger partial charge in [0.2, 0.25) is 0 Å². The molecule has 0 aliphatic heterocycles. The van der Waals surface area contributed by atoms with Gasteiger partial charge in [-0.05, 0) is 51.3 Å². The van der Waals surface area contributed by atoms with Gasteiger partial charge in [-0.25, -0.2) is 9.78 Å². The van der Waals surface area contributed by atoms with Crippen LogP contribution in [0.1, 0.15) is 57.8 Å². The second kappa shape index (κ2) is 8.19. The molecule has 7 nitrogen and oxygen atoms in total. The SMILES string of the molecule is COC(=O)/C=C/c1cccc(-c2n[nH]c(C3(C(=O)OC(C)(C)C)CCCC3)n2)c1. The normalized spacial score (nSPS) is 16.1. The van der Waals surface area contributed by atoms with Crippen molar-refractivity contribution >= 4 is 18.0 Å². The summed E-state index contributed by atoms with van der Waals surface area (Å²) in [5, 5.41) is 7.33. The van der Waals surface area contributed by atoms with Crippen molar-refractivity contribution in [2.24, 2.45) is 0 Å². The van der Waals surface area contributed by atoms with Gasteiger partial charge in [-0.3, -0.25) is 9.89 Å². The molecule has 29 heavy (non-hydrogen) atoms. The smallest absolute Gasteiger partial charge is 0.330 e. The average molecular weight is 397 g/mol. The van der Waals surface area contributed by atoms with Gasteiger partial charge in [0.25, 0.3) is 0 Å². The first kappa shape index (κ1) is 20.8. The van der Waals surface area contributed by atoms with E-state index in [0.29, 0.717) is 24.5 Å². The highest BCUT2D eigenvalue weighted by Crippen LogP contribution is 2.41. The minimum Gasteiger partial charge on any atom is -0.466 e. The van der Waals surface area contributed by atoms with Crippen LogP contribution in [0.15, 0.2) is 30.3 Å². The molecule has 0 unspecified atom stereocenters. The van der Waals surface area contributed by atoms with Gasteiger partial charge in [0.1, 0.15) is 16.8 Å². The second-order valence-electron chi connectivity index (χ2n) is 8.28. The minimum atomic E-state index is -0.777. The van der Waals surface area contributed by atoms with Crippen molar-refractivity contribution in [2.75, 3.05) is 7.11 Å². The Morgan fingerprint density at radius 1 is 1.21 bits per heavy atom. The lowest BCUT2D eigenvalue weighted by Gasteiger charge is -2.29. The van der Waals surface area contributed by atoms with Crippen LogP contribution in [0.25, 0.3) is 17.5 Å². The number of aromatic amines is 1. The molecule has 1 heterocycles. The first-order chi connectivity index (χ1) is 13.7. The number of nitrogens with one attached hydrogen (secondary N) is 1. The standard InChI is InChI=1S/C22H27N3O4/c1-21(2,3)29-20(27)22(12-5-6-13-22)19-23-18(24-25-19)16-9-7-8-15(14-16)10-11-17(26)28-4/h7-11,14H,5-6,12-13H2,1-4H3,(H,23,24,25)/b11-10+. The van der Waals surface area contributed by atoms with Gasteiger partial charge in [-0.15, -0.1) is 0 Å². The zero-order valence-corrected chi connectivity index (χ0v) is 17.3. The Balaban J connectivity index is 1.89. The lowest BCUT2D eigenvalue weighted by atomic mass is 9.85. The third-order valence-electron chi connectivity index (χ3n) is 4.94. The summed E-state index contributed by atoms with van der Waals surface area (Å²) in [7, 11) is 1.34. The quantitative estimate of drug-likeness (QED) is 0.609. The number of H-pyrrole nitrogens is 1. The molecule has 1 aliphatic rings. The van der Waals surface area contributed by atoms with E-state index in [9.17, 15) is 9.59 Å². The van der Waals surface area contributed by atoms with E-state index < -0.39 is 17.0 Å². The Morgan fingerprint density at radius 2 is 1.93 bits per heavy atom. The Kier molecular flexibility index (Phi) is 5.86. The van der Waals surface area contributed by atoms with Crippen molar-refractivity contribution in [1.82, 2.24) is 15.2 Å². The van der Waals surface area contributed by atoms with Crippen LogP contribution in [0.2, 0.25) is 0 Å². The van der Waals surface area contributed by atoms with Crippen molar-refractivity contribution in [1.29, 1.82) is 0 Å². The molecule has 154 valence electrons. The van der Waals surface area contributed by atoms with E-state index in [4.69, 9.17) is 4.74 Å². The summed E-state index contributed by atoms with van der Waals surface area (Å²) >= 11 is 0. The van der Waals surface area contributed by atoms with Crippen LogP contribution in [-0.2, 0) is 24.5 Å². The third-order valence-corrected chi connectivity index (χ3v) is 4.94. The number of aromatic nitrogens is 3. The van der Waals surface area contributed by atoms with Crippen LogP contribution in [0, 0.1) is 0 Å². The monoisotopic (exact) mass is 397 g/mol. The molecule has 3 rings (SSSR count). The van der Waals surface area contributed by atoms with Gasteiger partial charge in [-0.1, -0.05) is 31.0 Å². The molecule has 1 fully saturated rings. The van der Waals surface area contributed by atoms with E-state index in [1.54, 1.807) is 6.08 Å². The molecule has 1 N–H and O–H groups in total. The maximum absolute atomic E-state index is 13.0. The average Bonchev–Trinajstić information content (AvgIpc) is 3.35. The molecule has 0 bridgehead atoms. The fourth-order valence-electron chi connectivity index (χ4n) is 3.51. The van der Waals surface area contributed by atoms with Crippen molar-refractivity contribution in [3.63, 3.8) is 0 Å². The van der Waals surface area contributed by atoms with Crippen molar-refractivity contribution in [3.8, 4) is 11.4 Å². The number of esters is 2. The first-order valence-electron chi connectivity index (χ1n) is 9.76. The fraction of sp³-hybridized carbons (Fsp3) is 0.455. The van der Waals surface area contributed by atoms with Crippen LogP contribution in [0.3, 0.4) is 0 Å². The number of ether oxygens (including phenoxy) is 2. The van der Waals surface area contributed by atoms with Gasteiger partial charge in [-0.2, -0.15) is 5.10 Å². The number of hydrogen-bond acceptors (Lipinski definition) is 6. The number of carbonyl (C=O) groups excluding carboxylic acids is 2. The fourth-order valence-corrected chi connectivity index (χ4v) is 3.51. The van der Waals surface area contributed by atoms with E-state index in [1.807, 2.05) is 45.0 Å². The van der Waals surface area contributed by atoms with E-state index in [1.165, 1.54) is 13.2 Å². The molecule has 0 atom stereocenters. The number of nitrogens with zero attached hydrogens (tertiary/aromatic N) is 2. The largest absolute Gasteiger partial charge is 0.466 e. The van der Waals surface area contributed by atoms with Crippen LogP contribution in [0.4, 0.5) is 0 Å². The topological polar surface area (TPSA) is 94.2 Å². The Hall–Kier alpha value is -2.96. The molecule has 1 aromatic carbocycles. The summed E-state index contributed by atoms with van der Waals surface area (Å²) in [6.45, 7) is 5.60. The summed E-state index contributed by atoms with van der Waals surface area (Å²) in [4.78, 5) is 29.0. The maximum atomic E-state index is 13.0. The number of hydrogen-bond donors (Lipinski definition) is 1. The zero-order chi connectivity index (χ0) is 21.1. The highest BCUT2D eigenvalue weighted by molar-refractivity contribution is 5.87. The van der Waals surface area contributed by atoms with Gasteiger partial charge >= 0.3 is 11.9 Å². The summed E-state index contributed by atoms with van der Waals surface area (Å²) in [6.07, 6.45) is 6.31. The van der Waals surface area contributed by atoms with E-state index >= 15 is 0 Å². The number of carbonyl (C=O) groups is 2. The lowest BCUT2D eigenvalue weighted by molar-refractivity contribution is -0.162. The lowest BCUT2D eigenvalue weighted by Crippen LogP contribution is -2.40. The molecular formula is C22H27N3O4. The zero-order valence-electron chi connectivity index (χ0n) is 17.3. The second-order valence-corrected chi connectivity index (χ2v) is 8.28. The molecule has 7 heteroatoms. The van der Waals surface area contributed by atoms with Gasteiger partial charge in [0, 0.05) is 11.6 Å². The van der Waals surface area contributed by atoms with E-state index in [2.05, 4.69) is 19.9 Å². The summed E-state index contributed by atoms with van der Waals surface area (Å²) in [5.74, 6) is 0.383. The van der Waals surface area contributed by atoms with Gasteiger partial charge < -0.3 is 9.47 Å². The summed E-state index contributed by atoms with van der Waals surface area (Å²) < 4.78 is 10.3. The third kappa shape index (κ3) is 4.72. The highest BCUT2D eigenvalue weighted by atomic mass is 16.6. The first-order valence-corrected chi connectivity index (χ1v) is 9.76. The summed E-state index contributed by atoms with van der Waals surface area (Å²) in [6, 6.07) is 7.50. The number of rotatable bonds is 5. The van der Waals surface area contributed by atoms with Crippen molar-refractivity contribution in [2.45, 2.75) is 57.5 Å². The Morgan fingerprint density at radius 3 is 2.59 bits per heavy atom. The Labute approximate surface area is 170 Å². The molecular weight excluding hydrogens is 370 g/mol. The molecule has 0 saturated heterocycles. The molecule has 2 aromatic rings. The maximum Gasteiger partial charge on any atom is 0.330 e. The van der Waals surface area contributed by atoms with Crippen LogP contribution < -0.4 is 0 Å². The predicted molar refractivity (Wildman–Crippen MR) is 109 cm³/mol. The minimum absolute atomic E-state index is 0.250. The van der Waals surface area contributed by atoms with Crippen LogP contribution in [0.5, 0.6) is 0 Å². The van der Waals surface area contributed by atoms with Gasteiger partial charge in [0.15, 0.2) is 5.82 Å². The summed E-state index contributed by atoms with van der Waals surface area (Å²) in [5.41, 5.74) is 0.273. The van der Waals surface area contributed by atoms with Crippen molar-refractivity contribution < 1.29 is 19.1 Å². The molecule has 1 aromatic heterocycles. The highest BCUT2D eigenvalue weighted by Gasteiger charge is 2.48. The number of benzene rings is 1. The van der Waals surface area contributed by atoms with Crippen molar-refractivity contribution in [3.05, 3.63) is 41.7 Å². The van der Waals surface area contributed by atoms with E-state index in [-0.39, 0.29) is 5.97 Å². The molecule has 0 radical (unpaired) electrons. The van der Waals surface area contributed by atoms with Gasteiger partial charge in [0.05, 0.1) is 7.11 Å². The van der Waals surface area contributed by atoms with E-state index in [0.717, 1.165) is 24.0 Å². The van der Waals surface area contributed by atoms with Crippen LogP contribution in [-0.4, -0.2) is 39.8 Å². The molecule has 1 aliphatic carbocycles. The molecule has 1 saturated carbocycles. The predicted octanol–water partition coefficient (Wildman–Crippen LogP) is 3.81.